The molecule has 0 saturated heterocycles. The Hall–Kier alpha value is -3.31. The maximum absolute atomic E-state index is 13.6. The van der Waals surface area contributed by atoms with Gasteiger partial charge in [-0.05, 0) is 50.6 Å². The van der Waals surface area contributed by atoms with Crippen LogP contribution in [-0.2, 0) is 4.74 Å². The molecule has 0 fully saturated rings. The van der Waals surface area contributed by atoms with Crippen LogP contribution in [-0.4, -0.2) is 72.5 Å². The molecule has 0 unspecified atom stereocenters. The number of nitrogens with zero attached hydrogens (tertiary/aromatic N) is 5. The van der Waals surface area contributed by atoms with Crippen molar-refractivity contribution in [3.05, 3.63) is 58.4 Å². The van der Waals surface area contributed by atoms with Crippen LogP contribution in [0.15, 0.2) is 53.1 Å². The van der Waals surface area contributed by atoms with Crippen molar-refractivity contribution in [3.63, 3.8) is 0 Å². The molecule has 9 nitrogen and oxygen atoms in total. The Kier molecular flexibility index (Phi) is 9.01. The van der Waals surface area contributed by atoms with E-state index in [0.29, 0.717) is 48.3 Å². The van der Waals surface area contributed by atoms with Gasteiger partial charge in [-0.15, -0.1) is 11.3 Å². The Balaban J connectivity index is 1.52. The second-order valence-electron chi connectivity index (χ2n) is 10.3. The summed E-state index contributed by atoms with van der Waals surface area (Å²) in [4.78, 5) is 41.3. The lowest BCUT2D eigenvalue weighted by Gasteiger charge is -2.26. The lowest BCUT2D eigenvalue weighted by atomic mass is 10.2. The molecule has 0 N–H and O–H groups in total. The Morgan fingerprint density at radius 2 is 2.03 bits per heavy atom. The third kappa shape index (κ3) is 7.21. The molecule has 1 aliphatic rings. The van der Waals surface area contributed by atoms with Gasteiger partial charge in [0.1, 0.15) is 28.8 Å². The molecule has 0 radical (unpaired) electrons. The van der Waals surface area contributed by atoms with E-state index in [0.717, 1.165) is 10.6 Å². The minimum atomic E-state index is -0.557. The number of anilines is 2. The number of carbonyl (C=O) groups excluding carboxylic acids is 2. The monoisotopic (exact) mass is 569 g/mol. The highest BCUT2D eigenvalue weighted by Crippen LogP contribution is 2.32. The summed E-state index contributed by atoms with van der Waals surface area (Å²) >= 11 is 3.05. The molecule has 3 heterocycles. The summed E-state index contributed by atoms with van der Waals surface area (Å²) in [5.74, 6) is 1.14. The number of thiophene rings is 1. The average Bonchev–Trinajstić information content (AvgIpc) is 3.40. The summed E-state index contributed by atoms with van der Waals surface area (Å²) in [6.07, 6.45) is 3.47. The lowest BCUT2D eigenvalue weighted by molar-refractivity contribution is 0.0279. The van der Waals surface area contributed by atoms with E-state index in [1.807, 2.05) is 80.8 Å². The predicted octanol–water partition coefficient (Wildman–Crippen LogP) is 5.73. The van der Waals surface area contributed by atoms with Crippen molar-refractivity contribution in [2.45, 2.75) is 44.1 Å². The van der Waals surface area contributed by atoms with Crippen LogP contribution in [0.1, 0.15) is 48.5 Å². The molecule has 1 atom stereocenters. The summed E-state index contributed by atoms with van der Waals surface area (Å²) in [5.41, 5.74) is 0.656. The Morgan fingerprint density at radius 1 is 1.23 bits per heavy atom. The molecule has 39 heavy (non-hydrogen) atoms. The van der Waals surface area contributed by atoms with Gasteiger partial charge in [-0.3, -0.25) is 4.79 Å². The Labute approximate surface area is 238 Å². The van der Waals surface area contributed by atoms with Crippen LogP contribution < -0.4 is 14.5 Å². The molecule has 3 aromatic rings. The van der Waals surface area contributed by atoms with Crippen LogP contribution in [0.3, 0.4) is 0 Å². The van der Waals surface area contributed by atoms with E-state index < -0.39 is 5.60 Å². The molecule has 1 aliphatic heterocycles. The van der Waals surface area contributed by atoms with Crippen LogP contribution in [0, 0.1) is 0 Å². The highest BCUT2D eigenvalue weighted by Gasteiger charge is 2.28. The smallest absolute Gasteiger partial charge is 0.410 e. The highest BCUT2D eigenvalue weighted by molar-refractivity contribution is 7.98. The molecule has 0 saturated carbocycles. The molecule has 0 aliphatic carbocycles. The van der Waals surface area contributed by atoms with Gasteiger partial charge in [0.15, 0.2) is 5.16 Å². The maximum atomic E-state index is 13.6. The summed E-state index contributed by atoms with van der Waals surface area (Å²) in [6.45, 7) is 7.14. The van der Waals surface area contributed by atoms with Gasteiger partial charge in [-0.25, -0.2) is 14.8 Å². The van der Waals surface area contributed by atoms with Gasteiger partial charge in [0.2, 0.25) is 0 Å². The van der Waals surface area contributed by atoms with Crippen molar-refractivity contribution >= 4 is 46.6 Å². The van der Waals surface area contributed by atoms with Gasteiger partial charge in [0.05, 0.1) is 0 Å². The Morgan fingerprint density at radius 3 is 2.72 bits per heavy atom. The second kappa shape index (κ2) is 12.3. The number of benzene rings is 1. The van der Waals surface area contributed by atoms with Crippen molar-refractivity contribution in [1.29, 1.82) is 0 Å². The normalized spacial score (nSPS) is 14.5. The van der Waals surface area contributed by atoms with Gasteiger partial charge in [-0.2, -0.15) is 0 Å². The molecule has 0 spiro atoms. The number of rotatable bonds is 8. The van der Waals surface area contributed by atoms with E-state index in [-0.39, 0.29) is 18.1 Å². The van der Waals surface area contributed by atoms with Crippen LogP contribution in [0.25, 0.3) is 0 Å². The second-order valence-corrected chi connectivity index (χ2v) is 12.0. The van der Waals surface area contributed by atoms with Crippen LogP contribution in [0.4, 0.5) is 16.3 Å². The zero-order valence-corrected chi connectivity index (χ0v) is 24.8. The average molecular weight is 570 g/mol. The summed E-state index contributed by atoms with van der Waals surface area (Å²) in [6, 6.07) is 11.6. The topological polar surface area (TPSA) is 88.1 Å². The SMILES string of the molecule is CSc1ncc2c(n1)N(C)CCN(c1cccc(O[C@H](CCN(C)C(=O)OC(C)(C)C)c3cccs3)c1)C2=O. The fourth-order valence-electron chi connectivity index (χ4n) is 4.11. The fraction of sp³-hybridized carbons (Fsp3) is 0.429. The van der Waals surface area contributed by atoms with E-state index in [1.165, 1.54) is 11.8 Å². The van der Waals surface area contributed by atoms with Crippen LogP contribution >= 0.6 is 23.1 Å². The van der Waals surface area contributed by atoms with Gasteiger partial charge >= 0.3 is 6.09 Å². The van der Waals surface area contributed by atoms with Crippen LogP contribution in [0.2, 0.25) is 0 Å². The zero-order chi connectivity index (χ0) is 28.2. The van der Waals surface area contributed by atoms with E-state index in [9.17, 15) is 9.59 Å². The van der Waals surface area contributed by atoms with E-state index >= 15 is 0 Å². The van der Waals surface area contributed by atoms with Crippen molar-refractivity contribution < 1.29 is 19.1 Å². The number of carbonyl (C=O) groups is 2. The van der Waals surface area contributed by atoms with E-state index in [4.69, 9.17) is 9.47 Å². The molecule has 11 heteroatoms. The number of ether oxygens (including phenoxy) is 2. The highest BCUT2D eigenvalue weighted by atomic mass is 32.2. The summed E-state index contributed by atoms with van der Waals surface area (Å²) in [5, 5.41) is 2.64. The summed E-state index contributed by atoms with van der Waals surface area (Å²) < 4.78 is 12.0. The minimum Gasteiger partial charge on any atom is -0.485 e. The lowest BCUT2D eigenvalue weighted by Crippen LogP contribution is -2.35. The molecular formula is C28H35N5O4S2. The number of hydrogen-bond acceptors (Lipinski definition) is 9. The largest absolute Gasteiger partial charge is 0.485 e. The number of hydrogen-bond donors (Lipinski definition) is 0. The fourth-order valence-corrected chi connectivity index (χ4v) is 5.24. The number of fused-ring (bicyclic) bond motifs is 1. The number of amides is 2. The predicted molar refractivity (Wildman–Crippen MR) is 156 cm³/mol. The molecule has 2 amide bonds. The minimum absolute atomic E-state index is 0.145. The number of likely N-dealkylation sites (N-methyl/N-ethyl adjacent to an activating group) is 1. The van der Waals surface area contributed by atoms with Gasteiger partial charge < -0.3 is 24.2 Å². The zero-order valence-electron chi connectivity index (χ0n) is 23.2. The molecule has 0 bridgehead atoms. The van der Waals surface area contributed by atoms with E-state index in [2.05, 4.69) is 9.97 Å². The van der Waals surface area contributed by atoms with Crippen molar-refractivity contribution in [1.82, 2.24) is 14.9 Å². The van der Waals surface area contributed by atoms with Gasteiger partial charge in [-0.1, -0.05) is 23.9 Å². The van der Waals surface area contributed by atoms with Crippen molar-refractivity contribution in [3.8, 4) is 5.75 Å². The first-order chi connectivity index (χ1) is 18.6. The first kappa shape index (κ1) is 28.7. The van der Waals surface area contributed by atoms with Crippen molar-refractivity contribution in [2.75, 3.05) is 49.8 Å². The molecule has 4 rings (SSSR count). The quantitative estimate of drug-likeness (QED) is 0.251. The van der Waals surface area contributed by atoms with E-state index in [1.54, 1.807) is 34.4 Å². The number of aromatic nitrogens is 2. The molecule has 208 valence electrons. The third-order valence-electron chi connectivity index (χ3n) is 6.13. The van der Waals surface area contributed by atoms with Gasteiger partial charge in [0.25, 0.3) is 5.91 Å². The standard InChI is InChI=1S/C28H35N5O4S2/c1-28(2,3)37-27(35)32(5)13-12-22(23-11-8-16-39-23)36-20-10-7-9-19(17-20)33-15-14-31(4)24-21(25(33)34)18-29-26(30-24)38-6/h7-11,16-18,22H,12-15H2,1-6H3/t22-/m1/s1. The molecular weight excluding hydrogens is 534 g/mol. The first-order valence-corrected chi connectivity index (χ1v) is 14.8. The summed E-state index contributed by atoms with van der Waals surface area (Å²) in [7, 11) is 3.66. The molecule has 2 aromatic heterocycles. The molecule has 1 aromatic carbocycles. The van der Waals surface area contributed by atoms with Crippen LogP contribution in [0.5, 0.6) is 5.75 Å². The first-order valence-electron chi connectivity index (χ1n) is 12.7. The Bertz CT molecular complexity index is 1300. The van der Waals surface area contributed by atoms with Crippen molar-refractivity contribution in [2.24, 2.45) is 0 Å². The number of thioether (sulfide) groups is 1. The van der Waals surface area contributed by atoms with Gasteiger partial charge in [0, 0.05) is 63.0 Å². The maximum Gasteiger partial charge on any atom is 0.410 e. The third-order valence-corrected chi connectivity index (χ3v) is 7.65.